The predicted octanol–water partition coefficient (Wildman–Crippen LogP) is 3.37. The number of aryl methyl sites for hydroxylation is 2. The molecular formula is C23H32N4O2. The third-order valence-corrected chi connectivity index (χ3v) is 4.86. The van der Waals surface area contributed by atoms with Crippen LogP contribution in [0.25, 0.3) is 0 Å². The van der Waals surface area contributed by atoms with Crippen molar-refractivity contribution in [1.82, 2.24) is 15.6 Å². The smallest absolute Gasteiger partial charge is 0.191 e. The Hall–Kier alpha value is -2.60. The lowest BCUT2D eigenvalue weighted by molar-refractivity contribution is 0.166. The molecule has 1 unspecified atom stereocenters. The van der Waals surface area contributed by atoms with Crippen molar-refractivity contribution in [2.45, 2.75) is 40.3 Å². The van der Waals surface area contributed by atoms with Crippen LogP contribution in [-0.2, 0) is 17.8 Å². The van der Waals surface area contributed by atoms with Gasteiger partial charge >= 0.3 is 0 Å². The Morgan fingerprint density at radius 1 is 1.24 bits per heavy atom. The number of guanidine groups is 1. The van der Waals surface area contributed by atoms with Gasteiger partial charge in [-0.1, -0.05) is 18.2 Å². The van der Waals surface area contributed by atoms with Gasteiger partial charge in [0.15, 0.2) is 5.96 Å². The summed E-state index contributed by atoms with van der Waals surface area (Å²) >= 11 is 0. The van der Waals surface area contributed by atoms with E-state index in [1.807, 2.05) is 25.1 Å². The van der Waals surface area contributed by atoms with Gasteiger partial charge in [-0.3, -0.25) is 4.98 Å². The van der Waals surface area contributed by atoms with Crippen molar-refractivity contribution in [3.63, 3.8) is 0 Å². The minimum atomic E-state index is 0.479. The van der Waals surface area contributed by atoms with Crippen LogP contribution in [0.1, 0.15) is 35.9 Å². The van der Waals surface area contributed by atoms with E-state index in [1.165, 1.54) is 5.56 Å². The summed E-state index contributed by atoms with van der Waals surface area (Å²) in [5, 5.41) is 6.66. The van der Waals surface area contributed by atoms with Gasteiger partial charge in [-0.2, -0.15) is 0 Å². The zero-order valence-electron chi connectivity index (χ0n) is 17.7. The Kier molecular flexibility index (Phi) is 7.87. The molecule has 29 heavy (non-hydrogen) atoms. The quantitative estimate of drug-likeness (QED) is 0.529. The lowest BCUT2D eigenvalue weighted by Gasteiger charge is -2.15. The molecule has 0 spiro atoms. The average molecular weight is 397 g/mol. The number of hydrogen-bond donors (Lipinski definition) is 2. The van der Waals surface area contributed by atoms with Crippen LogP contribution in [0.2, 0.25) is 0 Å². The highest BCUT2D eigenvalue weighted by molar-refractivity contribution is 5.79. The highest BCUT2D eigenvalue weighted by Gasteiger charge is 2.17. The van der Waals surface area contributed by atoms with Gasteiger partial charge < -0.3 is 20.1 Å². The Bertz CT molecular complexity index is 816. The predicted molar refractivity (Wildman–Crippen MR) is 116 cm³/mol. The van der Waals surface area contributed by atoms with Gasteiger partial charge in [0.2, 0.25) is 0 Å². The summed E-state index contributed by atoms with van der Waals surface area (Å²) in [7, 11) is 0. The first-order valence-electron chi connectivity index (χ1n) is 10.4. The van der Waals surface area contributed by atoms with Gasteiger partial charge in [0, 0.05) is 30.3 Å². The Labute approximate surface area is 173 Å². The number of pyridine rings is 1. The molecule has 1 saturated heterocycles. The van der Waals surface area contributed by atoms with E-state index in [0.717, 1.165) is 54.8 Å². The van der Waals surface area contributed by atoms with E-state index in [9.17, 15) is 0 Å². The minimum absolute atomic E-state index is 0.479. The maximum atomic E-state index is 6.14. The second kappa shape index (κ2) is 10.8. The van der Waals surface area contributed by atoms with Crippen molar-refractivity contribution in [2.24, 2.45) is 10.9 Å². The summed E-state index contributed by atoms with van der Waals surface area (Å²) in [5.41, 5.74) is 4.28. The maximum Gasteiger partial charge on any atom is 0.191 e. The SMILES string of the molecule is CCNC(=NCc1ccc(C)cc1OCC1CCOC1)NCc1cccc(C)n1. The molecule has 0 aliphatic carbocycles. The molecule has 2 N–H and O–H groups in total. The number of benzene rings is 1. The fourth-order valence-electron chi connectivity index (χ4n) is 3.23. The molecule has 0 amide bonds. The lowest BCUT2D eigenvalue weighted by Crippen LogP contribution is -2.37. The van der Waals surface area contributed by atoms with Crippen LogP contribution in [0.4, 0.5) is 0 Å². The van der Waals surface area contributed by atoms with Gasteiger partial charge in [-0.05, 0) is 51.0 Å². The molecule has 6 nitrogen and oxygen atoms in total. The highest BCUT2D eigenvalue weighted by atomic mass is 16.5. The van der Waals surface area contributed by atoms with E-state index in [4.69, 9.17) is 14.5 Å². The zero-order chi connectivity index (χ0) is 20.5. The van der Waals surface area contributed by atoms with Crippen molar-refractivity contribution >= 4 is 5.96 Å². The Morgan fingerprint density at radius 2 is 2.14 bits per heavy atom. The third kappa shape index (κ3) is 6.75. The first kappa shape index (κ1) is 21.1. The van der Waals surface area contributed by atoms with Crippen LogP contribution in [0.15, 0.2) is 41.4 Å². The van der Waals surface area contributed by atoms with Crippen LogP contribution in [0.3, 0.4) is 0 Å². The molecule has 0 radical (unpaired) electrons. The Morgan fingerprint density at radius 3 is 2.90 bits per heavy atom. The fraction of sp³-hybridized carbons (Fsp3) is 0.478. The summed E-state index contributed by atoms with van der Waals surface area (Å²) in [6.45, 7) is 10.4. The standard InChI is InChI=1S/C23H32N4O2/c1-4-24-23(26-14-21-7-5-6-18(3)27-21)25-13-20-9-8-17(2)12-22(20)29-16-19-10-11-28-15-19/h5-9,12,19H,4,10-11,13-16H2,1-3H3,(H2,24,25,26). The lowest BCUT2D eigenvalue weighted by atomic mass is 10.1. The highest BCUT2D eigenvalue weighted by Crippen LogP contribution is 2.23. The molecule has 1 aromatic carbocycles. The van der Waals surface area contributed by atoms with Crippen LogP contribution < -0.4 is 15.4 Å². The number of nitrogens with one attached hydrogen (secondary N) is 2. The van der Waals surface area contributed by atoms with Crippen LogP contribution in [0.5, 0.6) is 5.75 Å². The number of hydrogen-bond acceptors (Lipinski definition) is 4. The molecule has 3 rings (SSSR count). The molecule has 1 fully saturated rings. The molecule has 2 aromatic rings. The second-order valence-corrected chi connectivity index (χ2v) is 7.47. The second-order valence-electron chi connectivity index (χ2n) is 7.47. The van der Waals surface area contributed by atoms with E-state index in [-0.39, 0.29) is 0 Å². The van der Waals surface area contributed by atoms with E-state index in [1.54, 1.807) is 0 Å². The molecule has 156 valence electrons. The molecule has 2 heterocycles. The number of ether oxygens (including phenoxy) is 2. The van der Waals surface area contributed by atoms with E-state index in [2.05, 4.69) is 47.7 Å². The van der Waals surface area contributed by atoms with Gasteiger partial charge in [-0.15, -0.1) is 0 Å². The van der Waals surface area contributed by atoms with Gasteiger partial charge in [0.05, 0.1) is 32.0 Å². The summed E-state index contributed by atoms with van der Waals surface area (Å²) in [5.74, 6) is 2.16. The monoisotopic (exact) mass is 396 g/mol. The van der Waals surface area contributed by atoms with Crippen molar-refractivity contribution in [1.29, 1.82) is 0 Å². The number of rotatable bonds is 8. The largest absolute Gasteiger partial charge is 0.493 e. The van der Waals surface area contributed by atoms with Crippen LogP contribution in [0, 0.1) is 19.8 Å². The minimum Gasteiger partial charge on any atom is -0.493 e. The Balaban J connectivity index is 1.64. The summed E-state index contributed by atoms with van der Waals surface area (Å²) in [4.78, 5) is 9.29. The number of nitrogens with zero attached hydrogens (tertiary/aromatic N) is 2. The maximum absolute atomic E-state index is 6.14. The number of aromatic nitrogens is 1. The number of aliphatic imine (C=N–C) groups is 1. The molecule has 0 saturated carbocycles. The molecule has 1 aliphatic heterocycles. The topological polar surface area (TPSA) is 67.8 Å². The van der Waals surface area contributed by atoms with Gasteiger partial charge in [0.1, 0.15) is 5.75 Å². The summed E-state index contributed by atoms with van der Waals surface area (Å²) < 4.78 is 11.6. The summed E-state index contributed by atoms with van der Waals surface area (Å²) in [6.07, 6.45) is 1.07. The molecule has 1 aliphatic rings. The van der Waals surface area contributed by atoms with Crippen molar-refractivity contribution in [2.75, 3.05) is 26.4 Å². The van der Waals surface area contributed by atoms with Crippen molar-refractivity contribution in [3.05, 3.63) is 58.9 Å². The average Bonchev–Trinajstić information content (AvgIpc) is 3.23. The molecule has 6 heteroatoms. The first-order chi connectivity index (χ1) is 14.1. The first-order valence-corrected chi connectivity index (χ1v) is 10.4. The van der Waals surface area contributed by atoms with E-state index in [0.29, 0.717) is 25.6 Å². The molecule has 1 aromatic heterocycles. The zero-order valence-corrected chi connectivity index (χ0v) is 17.7. The normalized spacial score (nSPS) is 16.7. The third-order valence-electron chi connectivity index (χ3n) is 4.86. The van der Waals surface area contributed by atoms with E-state index >= 15 is 0 Å². The molecule has 1 atom stereocenters. The van der Waals surface area contributed by atoms with Crippen molar-refractivity contribution in [3.8, 4) is 5.75 Å². The summed E-state index contributed by atoms with van der Waals surface area (Å²) in [6, 6.07) is 12.3. The van der Waals surface area contributed by atoms with E-state index < -0.39 is 0 Å². The van der Waals surface area contributed by atoms with Crippen LogP contribution >= 0.6 is 0 Å². The molecular weight excluding hydrogens is 364 g/mol. The van der Waals surface area contributed by atoms with Gasteiger partial charge in [0.25, 0.3) is 0 Å². The van der Waals surface area contributed by atoms with Crippen LogP contribution in [-0.4, -0.2) is 37.3 Å². The van der Waals surface area contributed by atoms with Gasteiger partial charge in [-0.25, -0.2) is 4.99 Å². The molecule has 0 bridgehead atoms. The fourth-order valence-corrected chi connectivity index (χ4v) is 3.23. The van der Waals surface area contributed by atoms with Crippen molar-refractivity contribution < 1.29 is 9.47 Å².